The van der Waals surface area contributed by atoms with E-state index in [1.165, 1.54) is 12.1 Å². The molecule has 0 saturated carbocycles. The number of amides is 5. The van der Waals surface area contributed by atoms with Gasteiger partial charge in [-0.25, -0.2) is 14.6 Å². The molecule has 0 N–H and O–H groups in total. The van der Waals surface area contributed by atoms with E-state index in [1.807, 2.05) is 0 Å². The van der Waals surface area contributed by atoms with E-state index in [4.69, 9.17) is 0 Å². The highest BCUT2D eigenvalue weighted by Crippen LogP contribution is 2.29. The molecule has 2 aliphatic rings. The van der Waals surface area contributed by atoms with Gasteiger partial charge in [0.25, 0.3) is 11.8 Å². The number of benzene rings is 3. The molecular weight excluding hydrogens is 396 g/mol. The van der Waals surface area contributed by atoms with Crippen molar-refractivity contribution < 1.29 is 19.2 Å². The van der Waals surface area contributed by atoms with Crippen LogP contribution in [0.3, 0.4) is 0 Å². The first-order chi connectivity index (χ1) is 15.1. The Labute approximate surface area is 176 Å². The topological polar surface area (TPSA) is 90.4 Å². The third-order valence-corrected chi connectivity index (χ3v) is 4.98. The van der Waals surface area contributed by atoms with Crippen LogP contribution < -0.4 is 9.80 Å². The second-order valence-electron chi connectivity index (χ2n) is 6.82. The highest BCUT2D eigenvalue weighted by molar-refractivity contribution is 6.62. The van der Waals surface area contributed by atoms with Crippen molar-refractivity contribution in [1.29, 1.82) is 0 Å². The Balaban J connectivity index is 1.63. The molecular formula is C23H14N4O4. The fourth-order valence-electron chi connectivity index (χ4n) is 3.54. The maximum atomic E-state index is 13.3. The van der Waals surface area contributed by atoms with Crippen LogP contribution in [-0.2, 0) is 4.79 Å². The van der Waals surface area contributed by atoms with Gasteiger partial charge in [0.2, 0.25) is 5.84 Å². The Morgan fingerprint density at radius 3 is 1.48 bits per heavy atom. The molecule has 1 fully saturated rings. The number of hydrogen-bond donors (Lipinski definition) is 0. The summed E-state index contributed by atoms with van der Waals surface area (Å²) in [5.74, 6) is -2.38. The lowest BCUT2D eigenvalue weighted by molar-refractivity contribution is -0.111. The van der Waals surface area contributed by atoms with Crippen LogP contribution in [-0.4, -0.2) is 34.6 Å². The molecule has 8 nitrogen and oxygen atoms in total. The predicted molar refractivity (Wildman–Crippen MR) is 113 cm³/mol. The minimum absolute atomic E-state index is 0.194. The summed E-state index contributed by atoms with van der Waals surface area (Å²) in [5, 5.41) is 4.72. The van der Waals surface area contributed by atoms with E-state index < -0.39 is 23.8 Å². The van der Waals surface area contributed by atoms with Crippen LogP contribution in [0.1, 0.15) is 20.7 Å². The average Bonchev–Trinajstić information content (AvgIpc) is 3.20. The van der Waals surface area contributed by atoms with Crippen molar-refractivity contribution in [2.24, 2.45) is 5.10 Å². The van der Waals surface area contributed by atoms with Crippen molar-refractivity contribution in [3.63, 3.8) is 0 Å². The number of carbonyl (C=O) groups is 4. The quantitative estimate of drug-likeness (QED) is 0.490. The SMILES string of the molecule is O=C1c2ccccc2C(=O)N1/N=C1\C(=O)N(c2ccccc2)C(=O)N1c1ccccc1. The van der Waals surface area contributed by atoms with E-state index in [9.17, 15) is 19.2 Å². The van der Waals surface area contributed by atoms with Crippen LogP contribution in [0.4, 0.5) is 16.2 Å². The Kier molecular flexibility index (Phi) is 4.18. The van der Waals surface area contributed by atoms with Crippen LogP contribution in [0.25, 0.3) is 0 Å². The van der Waals surface area contributed by atoms with Crippen molar-refractivity contribution in [3.05, 3.63) is 96.1 Å². The first-order valence-electron chi connectivity index (χ1n) is 9.43. The monoisotopic (exact) mass is 410 g/mol. The summed E-state index contributed by atoms with van der Waals surface area (Å²) in [6.07, 6.45) is 0. The van der Waals surface area contributed by atoms with Crippen LogP contribution in [0.15, 0.2) is 90.0 Å². The lowest BCUT2D eigenvalue weighted by Crippen LogP contribution is -2.35. The average molecular weight is 410 g/mol. The van der Waals surface area contributed by atoms with Gasteiger partial charge >= 0.3 is 11.9 Å². The first-order valence-corrected chi connectivity index (χ1v) is 9.43. The van der Waals surface area contributed by atoms with Gasteiger partial charge in [-0.2, -0.15) is 5.01 Å². The molecule has 31 heavy (non-hydrogen) atoms. The van der Waals surface area contributed by atoms with Crippen LogP contribution in [0.2, 0.25) is 0 Å². The fourth-order valence-corrected chi connectivity index (χ4v) is 3.54. The molecule has 0 aliphatic carbocycles. The number of nitrogens with zero attached hydrogens (tertiary/aromatic N) is 4. The van der Waals surface area contributed by atoms with E-state index in [-0.39, 0.29) is 17.0 Å². The standard InChI is InChI=1S/C23H14N4O4/c28-20-17-13-7-8-14-18(17)21(29)27(20)24-19-22(30)26(16-11-5-2-6-12-16)23(31)25(19)15-9-3-1-4-10-15/h1-14H/b24-19+. The third-order valence-electron chi connectivity index (χ3n) is 4.98. The second-order valence-corrected chi connectivity index (χ2v) is 6.82. The summed E-state index contributed by atoms with van der Waals surface area (Å²) < 4.78 is 0. The number of para-hydroxylation sites is 2. The highest BCUT2D eigenvalue weighted by Gasteiger charge is 2.46. The van der Waals surface area contributed by atoms with Crippen LogP contribution in [0, 0.1) is 0 Å². The van der Waals surface area contributed by atoms with Crippen LogP contribution in [0.5, 0.6) is 0 Å². The van der Waals surface area contributed by atoms with Gasteiger partial charge in [-0.05, 0) is 36.4 Å². The molecule has 0 unspecified atom stereocenters. The van der Waals surface area contributed by atoms with Crippen molar-refractivity contribution in [2.75, 3.05) is 9.80 Å². The predicted octanol–water partition coefficient (Wildman–Crippen LogP) is 3.27. The summed E-state index contributed by atoms with van der Waals surface area (Å²) in [6.45, 7) is 0. The molecule has 3 aromatic rings. The molecule has 2 aliphatic heterocycles. The minimum atomic E-state index is -0.739. The van der Waals surface area contributed by atoms with Gasteiger partial charge in [0, 0.05) is 0 Å². The molecule has 0 atom stereocenters. The summed E-state index contributed by atoms with van der Waals surface area (Å²) in [4.78, 5) is 54.1. The summed E-state index contributed by atoms with van der Waals surface area (Å²) in [6, 6.07) is 22.5. The number of anilines is 2. The molecule has 1 saturated heterocycles. The van der Waals surface area contributed by atoms with Gasteiger partial charge in [0.05, 0.1) is 22.5 Å². The Morgan fingerprint density at radius 2 is 0.968 bits per heavy atom. The lowest BCUT2D eigenvalue weighted by atomic mass is 10.1. The number of amidine groups is 1. The fraction of sp³-hybridized carbons (Fsp3) is 0. The first kappa shape index (κ1) is 18.4. The molecule has 0 aromatic heterocycles. The summed E-state index contributed by atoms with van der Waals surface area (Å²) in [5.41, 5.74) is 1.13. The van der Waals surface area contributed by atoms with E-state index in [0.717, 1.165) is 9.80 Å². The highest BCUT2D eigenvalue weighted by atomic mass is 16.2. The zero-order chi connectivity index (χ0) is 21.5. The molecule has 5 amide bonds. The summed E-state index contributed by atoms with van der Waals surface area (Å²) in [7, 11) is 0. The van der Waals surface area contributed by atoms with E-state index in [2.05, 4.69) is 5.10 Å². The Morgan fingerprint density at radius 1 is 0.516 bits per heavy atom. The number of urea groups is 1. The smallest absolute Gasteiger partial charge is 0.267 e. The zero-order valence-electron chi connectivity index (χ0n) is 16.0. The largest absolute Gasteiger partial charge is 0.342 e. The van der Waals surface area contributed by atoms with Gasteiger partial charge in [0.1, 0.15) is 0 Å². The second kappa shape index (κ2) is 7.03. The number of imide groups is 2. The van der Waals surface area contributed by atoms with Gasteiger partial charge in [-0.1, -0.05) is 48.5 Å². The van der Waals surface area contributed by atoms with E-state index in [0.29, 0.717) is 16.4 Å². The van der Waals surface area contributed by atoms with Crippen molar-refractivity contribution in [3.8, 4) is 0 Å². The summed E-state index contributed by atoms with van der Waals surface area (Å²) >= 11 is 0. The number of hydrazone groups is 1. The van der Waals surface area contributed by atoms with Crippen molar-refractivity contribution in [2.45, 2.75) is 0 Å². The van der Waals surface area contributed by atoms with E-state index >= 15 is 0 Å². The Bertz CT molecular complexity index is 1240. The van der Waals surface area contributed by atoms with Crippen molar-refractivity contribution in [1.82, 2.24) is 5.01 Å². The molecule has 5 rings (SSSR count). The van der Waals surface area contributed by atoms with Crippen LogP contribution >= 0.6 is 0 Å². The van der Waals surface area contributed by atoms with Gasteiger partial charge in [-0.3, -0.25) is 14.4 Å². The lowest BCUT2D eigenvalue weighted by Gasteiger charge is -2.17. The zero-order valence-corrected chi connectivity index (χ0v) is 16.0. The van der Waals surface area contributed by atoms with Gasteiger partial charge in [0.15, 0.2) is 0 Å². The number of hydrogen-bond acceptors (Lipinski definition) is 5. The molecule has 0 spiro atoms. The molecule has 0 radical (unpaired) electrons. The molecule has 0 bridgehead atoms. The van der Waals surface area contributed by atoms with Crippen molar-refractivity contribution >= 4 is 41.0 Å². The molecule has 8 heteroatoms. The normalized spacial score (nSPS) is 17.2. The number of rotatable bonds is 3. The Hall–Kier alpha value is -4.59. The van der Waals surface area contributed by atoms with Gasteiger partial charge < -0.3 is 0 Å². The third kappa shape index (κ3) is 2.81. The minimum Gasteiger partial charge on any atom is -0.267 e. The number of fused-ring (bicyclic) bond motifs is 1. The molecule has 2 heterocycles. The maximum Gasteiger partial charge on any atom is 0.342 e. The van der Waals surface area contributed by atoms with Gasteiger partial charge in [-0.15, -0.1) is 5.10 Å². The van der Waals surface area contributed by atoms with E-state index in [1.54, 1.807) is 72.8 Å². The molecule has 150 valence electrons. The maximum absolute atomic E-state index is 13.3. The molecule has 3 aromatic carbocycles. The number of carbonyl (C=O) groups excluding carboxylic acids is 4.